The third-order valence-corrected chi connectivity index (χ3v) is 1.69. The number of hydrogen-bond acceptors (Lipinski definition) is 4. The second-order valence-electron chi connectivity index (χ2n) is 3.86. The Bertz CT molecular complexity index is 351. The molecule has 0 radical (unpaired) electrons. The van der Waals surface area contributed by atoms with Gasteiger partial charge in [0.2, 0.25) is 0 Å². The average molecular weight is 183 g/mol. The molecule has 72 valence electrons. The molecule has 0 amide bonds. The number of nitrogens with one attached hydrogen (secondary N) is 2. The lowest BCUT2D eigenvalue weighted by molar-refractivity contribution is 0.387. The summed E-state index contributed by atoms with van der Waals surface area (Å²) in [5.41, 5.74) is 2.06. The van der Waals surface area contributed by atoms with E-state index >= 15 is 0 Å². The van der Waals surface area contributed by atoms with Gasteiger partial charge in [-0.15, -0.1) is 0 Å². The molecule has 0 aliphatic rings. The van der Waals surface area contributed by atoms with E-state index in [0.29, 0.717) is 5.69 Å². The molecular weight excluding hydrogens is 170 g/mol. The molecule has 0 unspecified atom stereocenters. The van der Waals surface area contributed by atoms with Crippen LogP contribution in [-0.4, -0.2) is 15.4 Å². The van der Waals surface area contributed by atoms with Crippen molar-refractivity contribution in [2.24, 2.45) is 0 Å². The van der Waals surface area contributed by atoms with Crippen molar-refractivity contribution in [3.05, 3.63) is 22.1 Å². The van der Waals surface area contributed by atoms with Gasteiger partial charge in [-0.05, 0) is 6.07 Å². The summed E-state index contributed by atoms with van der Waals surface area (Å²) >= 11 is 0. The van der Waals surface area contributed by atoms with Gasteiger partial charge in [0.05, 0.1) is 5.69 Å². The van der Waals surface area contributed by atoms with Crippen LogP contribution in [0.4, 0.5) is 5.69 Å². The van der Waals surface area contributed by atoms with Crippen molar-refractivity contribution in [2.45, 2.75) is 26.2 Å². The van der Waals surface area contributed by atoms with Crippen molar-refractivity contribution < 1.29 is 5.21 Å². The van der Waals surface area contributed by atoms with Gasteiger partial charge < -0.3 is 0 Å². The van der Waals surface area contributed by atoms with Gasteiger partial charge in [-0.3, -0.25) is 15.5 Å². The normalized spacial score (nSPS) is 11.4. The Hall–Kier alpha value is -1.36. The van der Waals surface area contributed by atoms with Crippen molar-refractivity contribution in [2.75, 3.05) is 5.48 Å². The lowest BCUT2D eigenvalue weighted by Crippen LogP contribution is -2.21. The quantitative estimate of drug-likeness (QED) is 0.564. The van der Waals surface area contributed by atoms with Gasteiger partial charge in [-0.1, -0.05) is 20.8 Å². The van der Waals surface area contributed by atoms with Gasteiger partial charge in [0.15, 0.2) is 0 Å². The van der Waals surface area contributed by atoms with E-state index in [1.807, 2.05) is 26.3 Å². The fourth-order valence-electron chi connectivity index (χ4n) is 0.873. The first-order chi connectivity index (χ1) is 5.95. The van der Waals surface area contributed by atoms with E-state index in [0.717, 1.165) is 0 Å². The minimum absolute atomic E-state index is 0.111. The maximum absolute atomic E-state index is 11.0. The Labute approximate surface area is 75.8 Å². The Kier molecular flexibility index (Phi) is 2.38. The van der Waals surface area contributed by atoms with E-state index in [4.69, 9.17) is 5.21 Å². The lowest BCUT2D eigenvalue weighted by Gasteiger charge is -2.16. The molecule has 0 aliphatic heterocycles. The number of hydrogen-bond donors (Lipinski definition) is 3. The highest BCUT2D eigenvalue weighted by Crippen LogP contribution is 2.19. The van der Waals surface area contributed by atoms with E-state index < -0.39 is 5.56 Å². The molecule has 0 fully saturated rings. The van der Waals surface area contributed by atoms with Crippen molar-refractivity contribution in [3.8, 4) is 0 Å². The van der Waals surface area contributed by atoms with E-state index in [1.165, 1.54) is 6.07 Å². The molecule has 5 heteroatoms. The summed E-state index contributed by atoms with van der Waals surface area (Å²) in [5.74, 6) is 0. The van der Waals surface area contributed by atoms with Crippen LogP contribution in [0.2, 0.25) is 0 Å². The van der Waals surface area contributed by atoms with E-state index in [1.54, 1.807) is 0 Å². The standard InChI is InChI=1S/C8H13N3O2/c1-8(2,3)6-4-5(11-13)7(12)10-9-6/h4,13H,1-3H3,(H,9,11)(H,10,12). The van der Waals surface area contributed by atoms with Gasteiger partial charge in [0, 0.05) is 5.41 Å². The smallest absolute Gasteiger partial charge is 0.289 e. The fourth-order valence-corrected chi connectivity index (χ4v) is 0.873. The molecule has 5 nitrogen and oxygen atoms in total. The summed E-state index contributed by atoms with van der Waals surface area (Å²) in [6.07, 6.45) is 0. The molecule has 0 saturated carbocycles. The zero-order chi connectivity index (χ0) is 10.1. The number of nitrogens with zero attached hydrogens (tertiary/aromatic N) is 1. The molecule has 13 heavy (non-hydrogen) atoms. The summed E-state index contributed by atoms with van der Waals surface area (Å²) in [5, 5.41) is 14.8. The van der Waals surface area contributed by atoms with Crippen LogP contribution in [0, 0.1) is 0 Å². The molecule has 1 aromatic rings. The molecule has 1 aromatic heterocycles. The van der Waals surface area contributed by atoms with E-state index in [-0.39, 0.29) is 11.1 Å². The summed E-state index contributed by atoms with van der Waals surface area (Å²) in [7, 11) is 0. The van der Waals surface area contributed by atoms with Crippen molar-refractivity contribution in [1.29, 1.82) is 0 Å². The molecule has 1 heterocycles. The van der Waals surface area contributed by atoms with Gasteiger partial charge in [0.1, 0.15) is 5.69 Å². The Balaban J connectivity index is 3.22. The van der Waals surface area contributed by atoms with Crippen LogP contribution in [-0.2, 0) is 5.41 Å². The molecule has 0 saturated heterocycles. The van der Waals surface area contributed by atoms with Crippen LogP contribution < -0.4 is 11.0 Å². The minimum atomic E-state index is -0.435. The number of H-pyrrole nitrogens is 1. The highest BCUT2D eigenvalue weighted by molar-refractivity contribution is 5.39. The first-order valence-corrected chi connectivity index (χ1v) is 3.95. The predicted molar refractivity (Wildman–Crippen MR) is 49.0 cm³/mol. The molecule has 3 N–H and O–H groups in total. The Morgan fingerprint density at radius 3 is 2.62 bits per heavy atom. The second-order valence-corrected chi connectivity index (χ2v) is 3.86. The summed E-state index contributed by atoms with van der Waals surface area (Å²) in [4.78, 5) is 11.0. The van der Waals surface area contributed by atoms with Crippen LogP contribution in [0.3, 0.4) is 0 Å². The third kappa shape index (κ3) is 2.06. The minimum Gasteiger partial charge on any atom is -0.291 e. The van der Waals surface area contributed by atoms with Gasteiger partial charge >= 0.3 is 0 Å². The molecular formula is C8H13N3O2. The molecule has 0 aliphatic carbocycles. The van der Waals surface area contributed by atoms with Crippen molar-refractivity contribution in [1.82, 2.24) is 10.2 Å². The zero-order valence-corrected chi connectivity index (χ0v) is 7.88. The number of anilines is 1. The van der Waals surface area contributed by atoms with Crippen LogP contribution in [0.1, 0.15) is 26.5 Å². The van der Waals surface area contributed by atoms with Gasteiger partial charge in [0.25, 0.3) is 5.56 Å². The number of aromatic amines is 1. The first-order valence-electron chi connectivity index (χ1n) is 3.95. The predicted octanol–water partition coefficient (Wildman–Crippen LogP) is 0.869. The Morgan fingerprint density at radius 1 is 1.54 bits per heavy atom. The number of rotatable bonds is 1. The van der Waals surface area contributed by atoms with Gasteiger partial charge in [-0.25, -0.2) is 5.10 Å². The lowest BCUT2D eigenvalue weighted by atomic mass is 9.92. The second kappa shape index (κ2) is 3.18. The largest absolute Gasteiger partial charge is 0.291 e. The topological polar surface area (TPSA) is 78.0 Å². The molecule has 0 bridgehead atoms. The summed E-state index contributed by atoms with van der Waals surface area (Å²) in [6.45, 7) is 5.90. The zero-order valence-electron chi connectivity index (χ0n) is 7.88. The van der Waals surface area contributed by atoms with Gasteiger partial charge in [-0.2, -0.15) is 5.10 Å². The Morgan fingerprint density at radius 2 is 2.15 bits per heavy atom. The summed E-state index contributed by atoms with van der Waals surface area (Å²) in [6, 6.07) is 1.53. The summed E-state index contributed by atoms with van der Waals surface area (Å²) < 4.78 is 0. The molecule has 0 atom stereocenters. The highest BCUT2D eigenvalue weighted by atomic mass is 16.5. The van der Waals surface area contributed by atoms with Crippen LogP contribution >= 0.6 is 0 Å². The van der Waals surface area contributed by atoms with E-state index in [2.05, 4.69) is 10.2 Å². The maximum atomic E-state index is 11.0. The molecule has 1 rings (SSSR count). The van der Waals surface area contributed by atoms with Crippen molar-refractivity contribution in [3.63, 3.8) is 0 Å². The van der Waals surface area contributed by atoms with Crippen LogP contribution in [0.5, 0.6) is 0 Å². The monoisotopic (exact) mass is 183 g/mol. The number of aromatic nitrogens is 2. The SMILES string of the molecule is CC(C)(C)c1cc(NO)c(=O)[nH]n1. The van der Waals surface area contributed by atoms with Crippen LogP contribution in [0.15, 0.2) is 10.9 Å². The maximum Gasteiger partial charge on any atom is 0.289 e. The molecule has 0 spiro atoms. The average Bonchev–Trinajstić information content (AvgIpc) is 2.03. The first kappa shape index (κ1) is 9.73. The molecule has 0 aromatic carbocycles. The van der Waals surface area contributed by atoms with Crippen molar-refractivity contribution >= 4 is 5.69 Å². The third-order valence-electron chi connectivity index (χ3n) is 1.69. The highest BCUT2D eigenvalue weighted by Gasteiger charge is 2.16. The van der Waals surface area contributed by atoms with E-state index in [9.17, 15) is 4.79 Å². The fraction of sp³-hybridized carbons (Fsp3) is 0.500. The van der Waals surface area contributed by atoms with Crippen LogP contribution in [0.25, 0.3) is 0 Å².